The molecule has 0 fully saturated rings. The second-order valence-corrected chi connectivity index (χ2v) is 3.90. The second-order valence-electron chi connectivity index (χ2n) is 3.90. The predicted octanol–water partition coefficient (Wildman–Crippen LogP) is 2.41. The van der Waals surface area contributed by atoms with Gasteiger partial charge in [-0.05, 0) is 30.7 Å². The van der Waals surface area contributed by atoms with Crippen molar-refractivity contribution >= 4 is 5.65 Å². The molecule has 2 heterocycles. The number of aromatic hydroxyl groups is 1. The third kappa shape index (κ3) is 1.54. The molecule has 0 radical (unpaired) electrons. The van der Waals surface area contributed by atoms with E-state index < -0.39 is 0 Å². The predicted molar refractivity (Wildman–Crippen MR) is 64.8 cm³/mol. The van der Waals surface area contributed by atoms with Gasteiger partial charge < -0.3 is 5.11 Å². The normalized spacial score (nSPS) is 10.9. The number of phenolic OH excluding ortho intramolecular Hbond substituents is 1. The Bertz CT molecular complexity index is 671. The molecule has 0 aliphatic rings. The fourth-order valence-corrected chi connectivity index (χ4v) is 1.96. The van der Waals surface area contributed by atoms with Crippen LogP contribution in [-0.2, 0) is 0 Å². The van der Waals surface area contributed by atoms with Crippen LogP contribution in [0.15, 0.2) is 42.7 Å². The molecule has 4 heteroatoms. The summed E-state index contributed by atoms with van der Waals surface area (Å²) in [5, 5.41) is 13.7. The van der Waals surface area contributed by atoms with E-state index in [0.29, 0.717) is 0 Å². The van der Waals surface area contributed by atoms with Crippen molar-refractivity contribution in [2.45, 2.75) is 6.92 Å². The maximum atomic E-state index is 9.30. The van der Waals surface area contributed by atoms with Gasteiger partial charge in [0, 0.05) is 18.0 Å². The quantitative estimate of drug-likeness (QED) is 0.691. The molecule has 0 saturated heterocycles. The Morgan fingerprint density at radius 3 is 2.71 bits per heavy atom. The van der Waals surface area contributed by atoms with Crippen molar-refractivity contribution in [2.24, 2.45) is 0 Å². The zero-order valence-corrected chi connectivity index (χ0v) is 9.33. The number of benzene rings is 1. The number of hydrogen-bond acceptors (Lipinski definition) is 3. The Balaban J connectivity index is 2.29. The summed E-state index contributed by atoms with van der Waals surface area (Å²) in [4.78, 5) is 4.34. The molecule has 84 valence electrons. The first-order valence-electron chi connectivity index (χ1n) is 5.35. The monoisotopic (exact) mass is 225 g/mol. The molecule has 3 aromatic rings. The van der Waals surface area contributed by atoms with Crippen LogP contribution in [0.1, 0.15) is 5.69 Å². The van der Waals surface area contributed by atoms with Gasteiger partial charge >= 0.3 is 0 Å². The molecular formula is C13H11N3O. The van der Waals surface area contributed by atoms with E-state index in [9.17, 15) is 5.11 Å². The Morgan fingerprint density at radius 2 is 1.94 bits per heavy atom. The maximum absolute atomic E-state index is 9.30. The summed E-state index contributed by atoms with van der Waals surface area (Å²) in [5.41, 5.74) is 3.77. The van der Waals surface area contributed by atoms with Crippen molar-refractivity contribution in [1.82, 2.24) is 14.6 Å². The minimum atomic E-state index is 0.260. The summed E-state index contributed by atoms with van der Waals surface area (Å²) in [7, 11) is 0. The van der Waals surface area contributed by atoms with E-state index >= 15 is 0 Å². The van der Waals surface area contributed by atoms with Gasteiger partial charge in [-0.3, -0.25) is 0 Å². The van der Waals surface area contributed by atoms with E-state index in [-0.39, 0.29) is 5.75 Å². The first-order chi connectivity index (χ1) is 8.25. The lowest BCUT2D eigenvalue weighted by atomic mass is 10.1. The fourth-order valence-electron chi connectivity index (χ4n) is 1.96. The smallest absolute Gasteiger partial charge is 0.163 e. The van der Waals surface area contributed by atoms with Gasteiger partial charge in [-0.25, -0.2) is 9.50 Å². The lowest BCUT2D eigenvalue weighted by molar-refractivity contribution is 0.475. The average molecular weight is 225 g/mol. The number of hydrogen-bond donors (Lipinski definition) is 1. The summed E-state index contributed by atoms with van der Waals surface area (Å²) in [5.74, 6) is 0.260. The van der Waals surface area contributed by atoms with Crippen molar-refractivity contribution < 1.29 is 5.11 Å². The van der Waals surface area contributed by atoms with E-state index in [1.54, 1.807) is 22.8 Å². The largest absolute Gasteiger partial charge is 0.508 e. The van der Waals surface area contributed by atoms with E-state index in [1.165, 1.54) is 0 Å². The number of rotatable bonds is 1. The van der Waals surface area contributed by atoms with E-state index in [0.717, 1.165) is 22.5 Å². The van der Waals surface area contributed by atoms with Crippen LogP contribution in [0.4, 0.5) is 0 Å². The molecule has 3 rings (SSSR count). The molecule has 0 bridgehead atoms. The highest BCUT2D eigenvalue weighted by atomic mass is 16.3. The van der Waals surface area contributed by atoms with Gasteiger partial charge in [0.2, 0.25) is 0 Å². The molecule has 0 amide bonds. The van der Waals surface area contributed by atoms with E-state index in [2.05, 4.69) is 10.1 Å². The molecule has 0 atom stereocenters. The van der Waals surface area contributed by atoms with Crippen LogP contribution in [0.5, 0.6) is 5.75 Å². The molecule has 0 unspecified atom stereocenters. The third-order valence-electron chi connectivity index (χ3n) is 2.73. The first kappa shape index (κ1) is 9.84. The molecule has 0 spiro atoms. The van der Waals surface area contributed by atoms with Crippen LogP contribution < -0.4 is 0 Å². The highest BCUT2D eigenvalue weighted by Gasteiger charge is 2.11. The average Bonchev–Trinajstić information content (AvgIpc) is 2.66. The Kier molecular flexibility index (Phi) is 2.08. The van der Waals surface area contributed by atoms with Crippen LogP contribution in [0, 0.1) is 6.92 Å². The molecule has 17 heavy (non-hydrogen) atoms. The zero-order valence-electron chi connectivity index (χ0n) is 9.33. The molecule has 1 aromatic carbocycles. The summed E-state index contributed by atoms with van der Waals surface area (Å²) < 4.78 is 1.76. The second kappa shape index (κ2) is 3.59. The minimum absolute atomic E-state index is 0.260. The lowest BCUT2D eigenvalue weighted by Gasteiger charge is -2.00. The van der Waals surface area contributed by atoms with Gasteiger partial charge in [-0.1, -0.05) is 12.1 Å². The number of phenols is 1. The van der Waals surface area contributed by atoms with Gasteiger partial charge in [0.1, 0.15) is 5.75 Å². The molecule has 0 aliphatic carbocycles. The van der Waals surface area contributed by atoms with Crippen molar-refractivity contribution in [3.05, 3.63) is 48.4 Å². The van der Waals surface area contributed by atoms with Crippen LogP contribution in [0.25, 0.3) is 16.8 Å². The van der Waals surface area contributed by atoms with Crippen LogP contribution in [-0.4, -0.2) is 19.7 Å². The molecule has 0 saturated carbocycles. The van der Waals surface area contributed by atoms with E-state index in [1.807, 2.05) is 31.3 Å². The highest BCUT2D eigenvalue weighted by molar-refractivity contribution is 5.79. The van der Waals surface area contributed by atoms with E-state index in [4.69, 9.17) is 0 Å². The third-order valence-corrected chi connectivity index (χ3v) is 2.73. The van der Waals surface area contributed by atoms with Crippen molar-refractivity contribution in [3.63, 3.8) is 0 Å². The number of aryl methyl sites for hydroxylation is 1. The fraction of sp³-hybridized carbons (Fsp3) is 0.0769. The Labute approximate surface area is 98.2 Å². The zero-order chi connectivity index (χ0) is 11.8. The topological polar surface area (TPSA) is 50.4 Å². The van der Waals surface area contributed by atoms with Gasteiger partial charge in [0.15, 0.2) is 5.65 Å². The van der Waals surface area contributed by atoms with Crippen LogP contribution in [0.2, 0.25) is 0 Å². The van der Waals surface area contributed by atoms with Gasteiger partial charge in [0.05, 0.1) is 5.69 Å². The van der Waals surface area contributed by atoms with Crippen molar-refractivity contribution in [1.29, 1.82) is 0 Å². The molecule has 0 aliphatic heterocycles. The SMILES string of the molecule is Cc1nn2cccnc2c1-c1ccc(O)cc1. The number of aromatic nitrogens is 3. The van der Waals surface area contributed by atoms with Gasteiger partial charge in [0.25, 0.3) is 0 Å². The molecule has 4 nitrogen and oxygen atoms in total. The standard InChI is InChI=1S/C13H11N3O/c1-9-12(10-3-5-11(17)6-4-10)13-14-7-2-8-16(13)15-9/h2-8,17H,1H3. The summed E-state index contributed by atoms with van der Waals surface area (Å²) in [6, 6.07) is 8.92. The van der Waals surface area contributed by atoms with Gasteiger partial charge in [-0.2, -0.15) is 5.10 Å². The highest BCUT2D eigenvalue weighted by Crippen LogP contribution is 2.27. The summed E-state index contributed by atoms with van der Waals surface area (Å²) in [6.07, 6.45) is 3.62. The molecule has 2 aromatic heterocycles. The Hall–Kier alpha value is -2.36. The van der Waals surface area contributed by atoms with Crippen molar-refractivity contribution in [3.8, 4) is 16.9 Å². The molecule has 1 N–H and O–H groups in total. The van der Waals surface area contributed by atoms with Crippen LogP contribution >= 0.6 is 0 Å². The first-order valence-corrected chi connectivity index (χ1v) is 5.35. The maximum Gasteiger partial charge on any atom is 0.163 e. The van der Waals surface area contributed by atoms with Crippen molar-refractivity contribution in [2.75, 3.05) is 0 Å². The Morgan fingerprint density at radius 1 is 1.18 bits per heavy atom. The number of fused-ring (bicyclic) bond motifs is 1. The lowest BCUT2D eigenvalue weighted by Crippen LogP contribution is -1.87. The number of nitrogens with zero attached hydrogens (tertiary/aromatic N) is 3. The summed E-state index contributed by atoms with van der Waals surface area (Å²) >= 11 is 0. The minimum Gasteiger partial charge on any atom is -0.508 e. The van der Waals surface area contributed by atoms with Gasteiger partial charge in [-0.15, -0.1) is 0 Å². The van der Waals surface area contributed by atoms with Crippen LogP contribution in [0.3, 0.4) is 0 Å². The summed E-state index contributed by atoms with van der Waals surface area (Å²) in [6.45, 7) is 1.96. The molecular weight excluding hydrogens is 214 g/mol.